The first-order valence-corrected chi connectivity index (χ1v) is 11.3. The van der Waals surface area contributed by atoms with E-state index in [9.17, 15) is 4.79 Å². The highest BCUT2D eigenvalue weighted by Gasteiger charge is 2.18. The molecule has 0 saturated carbocycles. The third kappa shape index (κ3) is 3.39. The molecule has 1 N–H and O–H groups in total. The number of nitrogens with zero attached hydrogens (tertiary/aromatic N) is 4. The number of rotatable bonds is 3. The molecule has 0 saturated heterocycles. The molecule has 0 unspecified atom stereocenters. The highest BCUT2D eigenvalue weighted by atomic mass is 32.1. The van der Waals surface area contributed by atoms with Crippen LogP contribution in [0.15, 0.2) is 84.0 Å². The zero-order valence-corrected chi connectivity index (χ0v) is 18.4. The van der Waals surface area contributed by atoms with E-state index in [1.54, 1.807) is 29.9 Å². The number of hydrogen-bond donors (Lipinski definition) is 1. The van der Waals surface area contributed by atoms with Gasteiger partial charge >= 0.3 is 0 Å². The number of H-pyrrole nitrogens is 1. The van der Waals surface area contributed by atoms with Crippen LogP contribution in [0.1, 0.15) is 4.88 Å². The summed E-state index contributed by atoms with van der Waals surface area (Å²) < 4.78 is 0. The number of thiophene rings is 1. The topological polar surface area (TPSA) is 84.4 Å². The van der Waals surface area contributed by atoms with Gasteiger partial charge < -0.3 is 4.98 Å². The van der Waals surface area contributed by atoms with Crippen LogP contribution in [0.5, 0.6) is 0 Å². The Hall–Kier alpha value is -4.23. The van der Waals surface area contributed by atoms with Crippen LogP contribution >= 0.6 is 11.3 Å². The average Bonchev–Trinajstić information content (AvgIpc) is 3.30. The van der Waals surface area contributed by atoms with Gasteiger partial charge in [-0.2, -0.15) is 0 Å². The molecule has 5 heterocycles. The third-order valence-electron chi connectivity index (χ3n) is 5.50. The minimum atomic E-state index is -0.201. The van der Waals surface area contributed by atoms with E-state index in [0.717, 1.165) is 27.0 Å². The van der Waals surface area contributed by atoms with Crippen molar-refractivity contribution < 1.29 is 0 Å². The van der Waals surface area contributed by atoms with Gasteiger partial charge in [0.15, 0.2) is 11.2 Å². The molecule has 7 heteroatoms. The SMILES string of the molecule is Cc1ccc(-c2nc3[nH]cc(-c4ccccn4)c(=O)c3nc2-c2ccc3ncccc3c2)s1. The first-order valence-electron chi connectivity index (χ1n) is 10.4. The number of pyridine rings is 3. The zero-order valence-electron chi connectivity index (χ0n) is 17.6. The van der Waals surface area contributed by atoms with Crippen LogP contribution in [0.25, 0.3) is 55.2 Å². The van der Waals surface area contributed by atoms with Gasteiger partial charge in [-0.25, -0.2) is 9.97 Å². The Labute approximate surface area is 192 Å². The van der Waals surface area contributed by atoms with Gasteiger partial charge in [-0.05, 0) is 49.4 Å². The Morgan fingerprint density at radius 3 is 2.61 bits per heavy atom. The molecule has 6 rings (SSSR count). The molecule has 1 aromatic carbocycles. The molecule has 0 atom stereocenters. The number of aromatic amines is 1. The fourth-order valence-electron chi connectivity index (χ4n) is 3.90. The van der Waals surface area contributed by atoms with Crippen LogP contribution in [-0.4, -0.2) is 24.9 Å². The molecule has 0 radical (unpaired) electrons. The molecule has 5 aromatic heterocycles. The second kappa shape index (κ2) is 7.72. The van der Waals surface area contributed by atoms with E-state index in [1.165, 1.54) is 4.88 Å². The fourth-order valence-corrected chi connectivity index (χ4v) is 4.76. The summed E-state index contributed by atoms with van der Waals surface area (Å²) in [6, 6.07) is 19.5. The van der Waals surface area contributed by atoms with Crippen LogP contribution in [-0.2, 0) is 0 Å². The van der Waals surface area contributed by atoms with E-state index in [2.05, 4.69) is 27.9 Å². The molecule has 0 amide bonds. The van der Waals surface area contributed by atoms with Crippen molar-refractivity contribution in [2.24, 2.45) is 0 Å². The molecular formula is C26H17N5OS. The Morgan fingerprint density at radius 2 is 1.79 bits per heavy atom. The van der Waals surface area contributed by atoms with Crippen LogP contribution in [0, 0.1) is 6.92 Å². The van der Waals surface area contributed by atoms with E-state index in [-0.39, 0.29) is 10.9 Å². The number of aryl methyl sites for hydroxylation is 1. The van der Waals surface area contributed by atoms with E-state index < -0.39 is 0 Å². The van der Waals surface area contributed by atoms with Crippen LogP contribution < -0.4 is 5.43 Å². The lowest BCUT2D eigenvalue weighted by atomic mass is 10.0. The lowest BCUT2D eigenvalue weighted by Gasteiger charge is -2.10. The summed E-state index contributed by atoms with van der Waals surface area (Å²) in [5.41, 5.74) is 4.79. The van der Waals surface area contributed by atoms with Crippen molar-refractivity contribution in [3.63, 3.8) is 0 Å². The maximum absolute atomic E-state index is 13.4. The largest absolute Gasteiger partial charge is 0.344 e. The number of fused-ring (bicyclic) bond motifs is 2. The Bertz CT molecular complexity index is 1710. The van der Waals surface area contributed by atoms with Gasteiger partial charge in [0.25, 0.3) is 0 Å². The third-order valence-corrected chi connectivity index (χ3v) is 6.51. The standard InChI is InChI=1S/C26H17N5OS/c1-15-7-10-21(33-15)23-22(17-8-9-19-16(13-17)5-4-12-27-19)30-24-25(32)18(14-29-26(24)31-23)20-6-2-3-11-28-20/h2-14H,1H3,(H,29,31,32). The van der Waals surface area contributed by atoms with Crippen molar-refractivity contribution in [3.05, 3.63) is 94.4 Å². The van der Waals surface area contributed by atoms with E-state index in [4.69, 9.17) is 9.97 Å². The summed E-state index contributed by atoms with van der Waals surface area (Å²) in [6.07, 6.45) is 5.10. The number of hydrogen-bond acceptors (Lipinski definition) is 6. The Kier molecular flexibility index (Phi) is 4.55. The predicted molar refractivity (Wildman–Crippen MR) is 132 cm³/mol. The maximum Gasteiger partial charge on any atom is 0.218 e. The van der Waals surface area contributed by atoms with Crippen molar-refractivity contribution in [1.29, 1.82) is 0 Å². The lowest BCUT2D eigenvalue weighted by molar-refractivity contribution is 1.21. The molecule has 158 valence electrons. The number of benzene rings is 1. The summed E-state index contributed by atoms with van der Waals surface area (Å²) in [5.74, 6) is 0. The second-order valence-electron chi connectivity index (χ2n) is 7.69. The smallest absolute Gasteiger partial charge is 0.218 e. The van der Waals surface area contributed by atoms with Crippen LogP contribution in [0.3, 0.4) is 0 Å². The second-order valence-corrected chi connectivity index (χ2v) is 8.97. The molecule has 0 spiro atoms. The van der Waals surface area contributed by atoms with E-state index in [1.807, 2.05) is 54.6 Å². The van der Waals surface area contributed by atoms with Gasteiger partial charge in [0.1, 0.15) is 5.69 Å². The van der Waals surface area contributed by atoms with Crippen molar-refractivity contribution >= 4 is 33.4 Å². The summed E-state index contributed by atoms with van der Waals surface area (Å²) in [4.78, 5) is 37.2. The van der Waals surface area contributed by atoms with Gasteiger partial charge in [-0.15, -0.1) is 11.3 Å². The predicted octanol–water partition coefficient (Wildman–Crippen LogP) is 5.63. The van der Waals surface area contributed by atoms with Crippen molar-refractivity contribution in [3.8, 4) is 33.1 Å². The van der Waals surface area contributed by atoms with Crippen LogP contribution in [0.2, 0.25) is 0 Å². The minimum absolute atomic E-state index is 0.201. The highest BCUT2D eigenvalue weighted by Crippen LogP contribution is 2.35. The summed E-state index contributed by atoms with van der Waals surface area (Å²) in [7, 11) is 0. The van der Waals surface area contributed by atoms with Crippen molar-refractivity contribution in [1.82, 2.24) is 24.9 Å². The number of nitrogens with one attached hydrogen (secondary N) is 1. The van der Waals surface area contributed by atoms with Gasteiger partial charge in [0.05, 0.1) is 27.3 Å². The molecule has 0 bridgehead atoms. The molecular weight excluding hydrogens is 430 g/mol. The van der Waals surface area contributed by atoms with Gasteiger partial charge in [-0.3, -0.25) is 14.8 Å². The molecule has 0 aliphatic rings. The Balaban J connectivity index is 1.65. The average molecular weight is 448 g/mol. The monoisotopic (exact) mass is 447 g/mol. The van der Waals surface area contributed by atoms with Crippen molar-refractivity contribution in [2.45, 2.75) is 6.92 Å². The summed E-state index contributed by atoms with van der Waals surface area (Å²) in [6.45, 7) is 2.06. The first-order chi connectivity index (χ1) is 16.2. The van der Waals surface area contributed by atoms with Gasteiger partial charge in [0.2, 0.25) is 5.43 Å². The summed E-state index contributed by atoms with van der Waals surface area (Å²) >= 11 is 1.65. The Morgan fingerprint density at radius 1 is 0.879 bits per heavy atom. The molecule has 33 heavy (non-hydrogen) atoms. The fraction of sp³-hybridized carbons (Fsp3) is 0.0385. The van der Waals surface area contributed by atoms with E-state index >= 15 is 0 Å². The van der Waals surface area contributed by atoms with Gasteiger partial charge in [-0.1, -0.05) is 18.2 Å². The normalized spacial score (nSPS) is 11.3. The zero-order chi connectivity index (χ0) is 22.4. The molecule has 6 aromatic rings. The summed E-state index contributed by atoms with van der Waals surface area (Å²) in [5, 5.41) is 1.00. The number of aromatic nitrogens is 5. The van der Waals surface area contributed by atoms with Gasteiger partial charge in [0, 0.05) is 34.4 Å². The minimum Gasteiger partial charge on any atom is -0.344 e. The lowest BCUT2D eigenvalue weighted by Crippen LogP contribution is -2.11. The molecule has 0 aliphatic carbocycles. The molecule has 6 nitrogen and oxygen atoms in total. The quantitative estimate of drug-likeness (QED) is 0.380. The van der Waals surface area contributed by atoms with Crippen LogP contribution in [0.4, 0.5) is 0 Å². The first kappa shape index (κ1) is 19.5. The maximum atomic E-state index is 13.4. The highest BCUT2D eigenvalue weighted by molar-refractivity contribution is 7.15. The molecule has 0 aliphatic heterocycles. The molecule has 0 fully saturated rings. The van der Waals surface area contributed by atoms with E-state index in [0.29, 0.717) is 22.6 Å². The van der Waals surface area contributed by atoms with Crippen molar-refractivity contribution in [2.75, 3.05) is 0 Å².